The Hall–Kier alpha value is -2.10. The number of guanidine groups is 1. The first-order valence-corrected chi connectivity index (χ1v) is 9.66. The van der Waals surface area contributed by atoms with Crippen LogP contribution in [-0.2, 0) is 6.54 Å². The third-order valence-electron chi connectivity index (χ3n) is 4.85. The molecule has 0 aliphatic carbocycles. The van der Waals surface area contributed by atoms with Crippen molar-refractivity contribution in [1.29, 1.82) is 0 Å². The first kappa shape index (κ1) is 23.2. The topological polar surface area (TPSA) is 55.8 Å². The summed E-state index contributed by atoms with van der Waals surface area (Å²) in [4.78, 5) is 13.2. The van der Waals surface area contributed by atoms with Gasteiger partial charge in [0.1, 0.15) is 11.6 Å². The van der Waals surface area contributed by atoms with Gasteiger partial charge in [-0.1, -0.05) is 12.1 Å². The lowest BCUT2D eigenvalue weighted by atomic mass is 10.0. The van der Waals surface area contributed by atoms with Crippen molar-refractivity contribution in [2.45, 2.75) is 25.4 Å². The number of halogens is 2. The molecule has 3 rings (SSSR count). The van der Waals surface area contributed by atoms with Gasteiger partial charge in [-0.05, 0) is 43.2 Å². The normalized spacial score (nSPS) is 16.8. The molecule has 0 spiro atoms. The molecule has 1 aliphatic rings. The molecule has 6 nitrogen and oxygen atoms in total. The lowest BCUT2D eigenvalue weighted by molar-refractivity contribution is 0.467. The summed E-state index contributed by atoms with van der Waals surface area (Å²) in [7, 11) is 5.73. The van der Waals surface area contributed by atoms with Crippen LogP contribution >= 0.6 is 24.0 Å². The standard InChI is InChI=1S/C21H29FN6.HI/c1-23-21(24-14-17-8-5-11-20(25-17)27(2)3)26-18-9-6-12-28(15-18)19-10-4-7-16(22)13-19;/h4-5,7-8,10-11,13,18H,6,9,12,14-15H2,1-3H3,(H2,23,24,26);1H. The summed E-state index contributed by atoms with van der Waals surface area (Å²) in [5.74, 6) is 1.49. The maximum absolute atomic E-state index is 13.5. The van der Waals surface area contributed by atoms with Gasteiger partial charge in [-0.2, -0.15) is 0 Å². The zero-order valence-electron chi connectivity index (χ0n) is 17.2. The molecule has 158 valence electrons. The molecule has 1 unspecified atom stereocenters. The number of pyridine rings is 1. The first-order valence-electron chi connectivity index (χ1n) is 9.66. The molecule has 1 aliphatic heterocycles. The molecule has 1 aromatic heterocycles. The van der Waals surface area contributed by atoms with E-state index in [1.165, 1.54) is 6.07 Å². The van der Waals surface area contributed by atoms with Gasteiger partial charge in [-0.25, -0.2) is 9.37 Å². The van der Waals surface area contributed by atoms with Crippen molar-refractivity contribution in [3.8, 4) is 0 Å². The molecule has 0 radical (unpaired) electrons. The Morgan fingerprint density at radius 2 is 2.07 bits per heavy atom. The van der Waals surface area contributed by atoms with E-state index in [-0.39, 0.29) is 35.8 Å². The van der Waals surface area contributed by atoms with Gasteiger partial charge in [0.15, 0.2) is 5.96 Å². The first-order chi connectivity index (χ1) is 13.5. The third-order valence-corrected chi connectivity index (χ3v) is 4.85. The van der Waals surface area contributed by atoms with E-state index in [1.54, 1.807) is 19.2 Å². The van der Waals surface area contributed by atoms with E-state index in [4.69, 9.17) is 0 Å². The van der Waals surface area contributed by atoms with Gasteiger partial charge < -0.3 is 20.4 Å². The van der Waals surface area contributed by atoms with Crippen molar-refractivity contribution in [1.82, 2.24) is 15.6 Å². The maximum atomic E-state index is 13.5. The number of rotatable bonds is 5. The molecule has 2 aromatic rings. The molecule has 1 saturated heterocycles. The fraction of sp³-hybridized carbons (Fsp3) is 0.429. The Morgan fingerprint density at radius 3 is 2.79 bits per heavy atom. The lowest BCUT2D eigenvalue weighted by Gasteiger charge is -2.35. The van der Waals surface area contributed by atoms with Crippen LogP contribution in [0.5, 0.6) is 0 Å². The predicted octanol–water partition coefficient (Wildman–Crippen LogP) is 3.24. The summed E-state index contributed by atoms with van der Waals surface area (Å²) in [6, 6.07) is 13.0. The monoisotopic (exact) mass is 512 g/mol. The third kappa shape index (κ3) is 6.73. The van der Waals surface area contributed by atoms with Crippen LogP contribution in [0.1, 0.15) is 18.5 Å². The molecule has 0 amide bonds. The Labute approximate surface area is 189 Å². The quantitative estimate of drug-likeness (QED) is 0.366. The average Bonchev–Trinajstić information content (AvgIpc) is 2.71. The minimum Gasteiger partial charge on any atom is -0.369 e. The van der Waals surface area contributed by atoms with E-state index in [2.05, 4.69) is 25.5 Å². The molecule has 1 aromatic carbocycles. The summed E-state index contributed by atoms with van der Waals surface area (Å²) in [5.41, 5.74) is 1.89. The van der Waals surface area contributed by atoms with Gasteiger partial charge in [0.25, 0.3) is 0 Å². The maximum Gasteiger partial charge on any atom is 0.191 e. The smallest absolute Gasteiger partial charge is 0.191 e. The zero-order valence-corrected chi connectivity index (χ0v) is 19.6. The number of hydrogen-bond acceptors (Lipinski definition) is 4. The summed E-state index contributed by atoms with van der Waals surface area (Å²) in [5, 5.41) is 6.84. The number of nitrogens with one attached hydrogen (secondary N) is 2. The van der Waals surface area contributed by atoms with Crippen LogP contribution < -0.4 is 20.4 Å². The highest BCUT2D eigenvalue weighted by Gasteiger charge is 2.21. The van der Waals surface area contributed by atoms with Crippen molar-refractivity contribution in [3.05, 3.63) is 54.0 Å². The van der Waals surface area contributed by atoms with E-state index >= 15 is 0 Å². The van der Waals surface area contributed by atoms with Crippen LogP contribution in [0.25, 0.3) is 0 Å². The molecule has 1 fully saturated rings. The summed E-state index contributed by atoms with van der Waals surface area (Å²) >= 11 is 0. The van der Waals surface area contributed by atoms with E-state index in [1.807, 2.05) is 43.3 Å². The number of aromatic nitrogens is 1. The number of nitrogens with zero attached hydrogens (tertiary/aromatic N) is 4. The van der Waals surface area contributed by atoms with Crippen molar-refractivity contribution in [2.75, 3.05) is 44.0 Å². The second kappa shape index (κ2) is 11.2. The van der Waals surface area contributed by atoms with E-state index in [0.717, 1.165) is 49.1 Å². The Bertz CT molecular complexity index is 813. The Balaban J connectivity index is 0.00000300. The van der Waals surface area contributed by atoms with Crippen LogP contribution in [0.15, 0.2) is 47.5 Å². The van der Waals surface area contributed by atoms with Crippen LogP contribution in [-0.4, -0.2) is 51.2 Å². The van der Waals surface area contributed by atoms with Gasteiger partial charge in [0.05, 0.1) is 12.2 Å². The highest BCUT2D eigenvalue weighted by Crippen LogP contribution is 2.20. The molecule has 29 heavy (non-hydrogen) atoms. The minimum atomic E-state index is -0.197. The largest absolute Gasteiger partial charge is 0.369 e. The van der Waals surface area contributed by atoms with Gasteiger partial charge in [0.2, 0.25) is 0 Å². The Morgan fingerprint density at radius 1 is 1.28 bits per heavy atom. The highest BCUT2D eigenvalue weighted by molar-refractivity contribution is 14.0. The number of aliphatic imine (C=N–C) groups is 1. The molecule has 8 heteroatoms. The molecule has 0 saturated carbocycles. The van der Waals surface area contributed by atoms with Crippen molar-refractivity contribution >= 4 is 41.4 Å². The van der Waals surface area contributed by atoms with Crippen LogP contribution in [0.2, 0.25) is 0 Å². The fourth-order valence-electron chi connectivity index (χ4n) is 3.38. The van der Waals surface area contributed by atoms with E-state index < -0.39 is 0 Å². The van der Waals surface area contributed by atoms with E-state index in [9.17, 15) is 4.39 Å². The van der Waals surface area contributed by atoms with Gasteiger partial charge in [-0.3, -0.25) is 4.99 Å². The van der Waals surface area contributed by atoms with Crippen LogP contribution in [0, 0.1) is 5.82 Å². The van der Waals surface area contributed by atoms with Crippen molar-refractivity contribution in [2.24, 2.45) is 4.99 Å². The second-order valence-electron chi connectivity index (χ2n) is 7.22. The number of hydrogen-bond donors (Lipinski definition) is 2. The number of piperidine rings is 1. The summed E-state index contributed by atoms with van der Waals surface area (Å²) < 4.78 is 13.5. The van der Waals surface area contributed by atoms with Gasteiger partial charge >= 0.3 is 0 Å². The zero-order chi connectivity index (χ0) is 19.9. The van der Waals surface area contributed by atoms with Gasteiger partial charge in [0, 0.05) is 46.0 Å². The number of anilines is 2. The molecule has 0 bridgehead atoms. The molecular formula is C21H30FIN6. The Kier molecular flexibility index (Phi) is 8.94. The van der Waals surface area contributed by atoms with E-state index in [0.29, 0.717) is 6.54 Å². The molecule has 1 atom stereocenters. The second-order valence-corrected chi connectivity index (χ2v) is 7.22. The van der Waals surface area contributed by atoms with Gasteiger partial charge in [-0.15, -0.1) is 24.0 Å². The van der Waals surface area contributed by atoms with Crippen LogP contribution in [0.4, 0.5) is 15.9 Å². The molecule has 2 heterocycles. The predicted molar refractivity (Wildman–Crippen MR) is 129 cm³/mol. The number of benzene rings is 1. The highest BCUT2D eigenvalue weighted by atomic mass is 127. The van der Waals surface area contributed by atoms with Crippen LogP contribution in [0.3, 0.4) is 0 Å². The average molecular weight is 512 g/mol. The van der Waals surface area contributed by atoms with Crippen molar-refractivity contribution in [3.63, 3.8) is 0 Å². The lowest BCUT2D eigenvalue weighted by Crippen LogP contribution is -2.51. The SMILES string of the molecule is CN=C(NCc1cccc(N(C)C)n1)NC1CCCN(c2cccc(F)c2)C1.I. The molecular weight excluding hydrogens is 482 g/mol. The fourth-order valence-corrected chi connectivity index (χ4v) is 3.38. The summed E-state index contributed by atoms with van der Waals surface area (Å²) in [6.45, 7) is 2.36. The molecule has 2 N–H and O–H groups in total. The minimum absolute atomic E-state index is 0. The summed E-state index contributed by atoms with van der Waals surface area (Å²) in [6.07, 6.45) is 2.11. The van der Waals surface area contributed by atoms with Crippen molar-refractivity contribution < 1.29 is 4.39 Å².